The Balaban J connectivity index is 1.71. The summed E-state index contributed by atoms with van der Waals surface area (Å²) < 4.78 is 11.2. The van der Waals surface area contributed by atoms with E-state index in [0.29, 0.717) is 18.4 Å². The smallest absolute Gasteiger partial charge is 0.246 e. The monoisotopic (exact) mass is 209 g/mol. The molecule has 1 N–H and O–H groups in total. The molecule has 0 amide bonds. The second kappa shape index (κ2) is 3.90. The Morgan fingerprint density at radius 1 is 1.20 bits per heavy atom. The van der Waals surface area contributed by atoms with E-state index in [4.69, 9.17) is 9.15 Å². The molecule has 1 saturated carbocycles. The van der Waals surface area contributed by atoms with Crippen LogP contribution in [0.5, 0.6) is 0 Å². The average molecular weight is 209 g/mol. The third-order valence-electron chi connectivity index (χ3n) is 3.11. The van der Waals surface area contributed by atoms with Crippen molar-refractivity contribution in [3.05, 3.63) is 11.8 Å². The highest BCUT2D eigenvalue weighted by Crippen LogP contribution is 2.36. The molecule has 0 aromatic carbocycles. The molecule has 2 heterocycles. The molecule has 0 radical (unpaired) electrons. The van der Waals surface area contributed by atoms with Gasteiger partial charge in [-0.3, -0.25) is 0 Å². The summed E-state index contributed by atoms with van der Waals surface area (Å²) in [5.41, 5.74) is 0. The summed E-state index contributed by atoms with van der Waals surface area (Å²) in [5, 5.41) is 11.4. The van der Waals surface area contributed by atoms with Gasteiger partial charge in [-0.15, -0.1) is 10.2 Å². The Morgan fingerprint density at radius 3 is 2.73 bits per heavy atom. The summed E-state index contributed by atoms with van der Waals surface area (Å²) in [6.07, 6.45) is 3.60. The topological polar surface area (TPSA) is 60.2 Å². The maximum Gasteiger partial charge on any atom is 0.246 e. The van der Waals surface area contributed by atoms with Crippen LogP contribution in [-0.2, 0) is 4.74 Å². The fourth-order valence-corrected chi connectivity index (χ4v) is 1.92. The molecule has 0 spiro atoms. The molecule has 1 aliphatic carbocycles. The normalized spacial score (nSPS) is 27.6. The molecule has 5 nitrogen and oxygen atoms in total. The van der Waals surface area contributed by atoms with Crippen LogP contribution in [0.4, 0.5) is 0 Å². The minimum atomic E-state index is -0.0555. The first-order valence-corrected chi connectivity index (χ1v) is 5.59. The van der Waals surface area contributed by atoms with Gasteiger partial charge in [0.15, 0.2) is 0 Å². The number of nitrogens with zero attached hydrogens (tertiary/aromatic N) is 2. The quantitative estimate of drug-likeness (QED) is 0.787. The van der Waals surface area contributed by atoms with E-state index in [0.717, 1.165) is 19.0 Å². The van der Waals surface area contributed by atoms with Gasteiger partial charge in [0.2, 0.25) is 11.8 Å². The van der Waals surface area contributed by atoms with Crippen LogP contribution in [0.25, 0.3) is 0 Å². The Bertz CT molecular complexity index is 329. The zero-order valence-corrected chi connectivity index (χ0v) is 8.61. The molecule has 1 aromatic rings. The Kier molecular flexibility index (Phi) is 2.42. The largest absolute Gasteiger partial charge is 0.422 e. The van der Waals surface area contributed by atoms with Crippen molar-refractivity contribution in [2.45, 2.75) is 31.3 Å². The van der Waals surface area contributed by atoms with Crippen LogP contribution >= 0.6 is 0 Å². The average Bonchev–Trinajstić information content (AvgIpc) is 2.66. The summed E-state index contributed by atoms with van der Waals surface area (Å²) in [6, 6.07) is 0. The summed E-state index contributed by atoms with van der Waals surface area (Å²) in [6.45, 7) is 2.39. The lowest BCUT2D eigenvalue weighted by Gasteiger charge is -2.22. The molecule has 2 aliphatic rings. The lowest BCUT2D eigenvalue weighted by Crippen LogP contribution is -2.33. The zero-order valence-electron chi connectivity index (χ0n) is 8.61. The van der Waals surface area contributed by atoms with Crippen LogP contribution < -0.4 is 5.32 Å². The Hall–Kier alpha value is -0.940. The van der Waals surface area contributed by atoms with Crippen LogP contribution in [-0.4, -0.2) is 29.9 Å². The van der Waals surface area contributed by atoms with Gasteiger partial charge in [-0.2, -0.15) is 0 Å². The molecule has 3 rings (SSSR count). The highest BCUT2D eigenvalue weighted by Gasteiger charge is 2.28. The predicted molar refractivity (Wildman–Crippen MR) is 52.5 cm³/mol. The lowest BCUT2D eigenvalue weighted by molar-refractivity contribution is 0.00972. The molecule has 15 heavy (non-hydrogen) atoms. The van der Waals surface area contributed by atoms with Gasteiger partial charge in [0.05, 0.1) is 6.61 Å². The van der Waals surface area contributed by atoms with Crippen LogP contribution in [0.15, 0.2) is 4.42 Å². The molecule has 5 heteroatoms. The molecule has 2 fully saturated rings. The third kappa shape index (κ3) is 1.77. The Labute approximate surface area is 88.2 Å². The zero-order chi connectivity index (χ0) is 10.1. The van der Waals surface area contributed by atoms with Gasteiger partial charge in [0.1, 0.15) is 6.10 Å². The van der Waals surface area contributed by atoms with Crippen molar-refractivity contribution < 1.29 is 9.15 Å². The maximum absolute atomic E-state index is 5.64. The van der Waals surface area contributed by atoms with Crippen LogP contribution in [0.2, 0.25) is 0 Å². The van der Waals surface area contributed by atoms with Crippen molar-refractivity contribution in [1.82, 2.24) is 15.5 Å². The number of ether oxygens (including phenoxy) is 1. The van der Waals surface area contributed by atoms with Crippen molar-refractivity contribution in [2.24, 2.45) is 0 Å². The van der Waals surface area contributed by atoms with E-state index in [1.165, 1.54) is 19.3 Å². The van der Waals surface area contributed by atoms with Gasteiger partial charge in [0, 0.05) is 19.0 Å². The first-order chi connectivity index (χ1) is 7.43. The van der Waals surface area contributed by atoms with Crippen molar-refractivity contribution in [3.63, 3.8) is 0 Å². The summed E-state index contributed by atoms with van der Waals surface area (Å²) >= 11 is 0. The van der Waals surface area contributed by atoms with Crippen molar-refractivity contribution in [1.29, 1.82) is 0 Å². The van der Waals surface area contributed by atoms with Crippen LogP contribution in [0.3, 0.4) is 0 Å². The van der Waals surface area contributed by atoms with Crippen molar-refractivity contribution in [2.75, 3.05) is 19.7 Å². The molecular weight excluding hydrogens is 194 g/mol. The molecule has 1 aromatic heterocycles. The van der Waals surface area contributed by atoms with E-state index < -0.39 is 0 Å². The number of nitrogens with one attached hydrogen (secondary N) is 1. The first kappa shape index (κ1) is 9.30. The van der Waals surface area contributed by atoms with Gasteiger partial charge in [-0.1, -0.05) is 6.42 Å². The van der Waals surface area contributed by atoms with E-state index in [2.05, 4.69) is 15.5 Å². The molecule has 82 valence electrons. The minimum Gasteiger partial charge on any atom is -0.422 e. The van der Waals surface area contributed by atoms with E-state index in [1.807, 2.05) is 0 Å². The second-order valence-electron chi connectivity index (χ2n) is 4.17. The summed E-state index contributed by atoms with van der Waals surface area (Å²) in [5.74, 6) is 1.93. The van der Waals surface area contributed by atoms with Gasteiger partial charge < -0.3 is 14.5 Å². The van der Waals surface area contributed by atoms with E-state index in [9.17, 15) is 0 Å². The predicted octanol–water partition coefficient (Wildman–Crippen LogP) is 0.998. The fraction of sp³-hybridized carbons (Fsp3) is 0.800. The highest BCUT2D eigenvalue weighted by atomic mass is 16.5. The minimum absolute atomic E-state index is 0.0555. The van der Waals surface area contributed by atoms with E-state index >= 15 is 0 Å². The number of rotatable bonds is 2. The lowest BCUT2D eigenvalue weighted by atomic mass is 9.85. The molecule has 1 saturated heterocycles. The second-order valence-corrected chi connectivity index (χ2v) is 4.17. The third-order valence-corrected chi connectivity index (χ3v) is 3.11. The fourth-order valence-electron chi connectivity index (χ4n) is 1.92. The van der Waals surface area contributed by atoms with Gasteiger partial charge in [-0.05, 0) is 12.8 Å². The van der Waals surface area contributed by atoms with Crippen molar-refractivity contribution >= 4 is 0 Å². The van der Waals surface area contributed by atoms with Crippen LogP contribution in [0, 0.1) is 0 Å². The number of aromatic nitrogens is 2. The standard InChI is InChI=1S/C10H15N3O2/c1-2-7(3-1)9-12-13-10(15-9)8-6-11-4-5-14-8/h7-8,11H,1-6H2. The van der Waals surface area contributed by atoms with Gasteiger partial charge >= 0.3 is 0 Å². The summed E-state index contributed by atoms with van der Waals surface area (Å²) in [7, 11) is 0. The first-order valence-electron chi connectivity index (χ1n) is 5.59. The number of hydrogen-bond donors (Lipinski definition) is 1. The van der Waals surface area contributed by atoms with E-state index in [-0.39, 0.29) is 6.10 Å². The number of hydrogen-bond acceptors (Lipinski definition) is 5. The molecular formula is C10H15N3O2. The molecule has 1 aliphatic heterocycles. The van der Waals surface area contributed by atoms with Gasteiger partial charge in [-0.25, -0.2) is 0 Å². The molecule has 0 bridgehead atoms. The molecule has 1 unspecified atom stereocenters. The Morgan fingerprint density at radius 2 is 2.07 bits per heavy atom. The highest BCUT2D eigenvalue weighted by molar-refractivity contribution is 4.98. The maximum atomic E-state index is 5.64. The summed E-state index contributed by atoms with van der Waals surface area (Å²) in [4.78, 5) is 0. The molecule has 1 atom stereocenters. The number of morpholine rings is 1. The van der Waals surface area contributed by atoms with Crippen molar-refractivity contribution in [3.8, 4) is 0 Å². The van der Waals surface area contributed by atoms with Crippen LogP contribution in [0.1, 0.15) is 43.1 Å². The SMILES string of the molecule is C1CC(c2nnc(C3CNCCO3)o2)C1. The van der Waals surface area contributed by atoms with Gasteiger partial charge in [0.25, 0.3) is 0 Å². The van der Waals surface area contributed by atoms with E-state index in [1.54, 1.807) is 0 Å².